The monoisotopic (exact) mass is 365 g/mol. The van der Waals surface area contributed by atoms with E-state index >= 15 is 0 Å². The lowest BCUT2D eigenvalue weighted by atomic mass is 10.2. The average Bonchev–Trinajstić information content (AvgIpc) is 2.67. The van der Waals surface area contributed by atoms with E-state index in [4.69, 9.17) is 9.47 Å². The highest BCUT2D eigenvalue weighted by molar-refractivity contribution is 6.04. The standard InChI is InChI=1S/C20H19N3O4/c1-13-5-7-16(19(24)22-13)20(25)23-15-6-8-17(26-2)18(10-15)27-12-14-4-3-9-21-11-14/h3-11H,12H2,1-2H3,(H,22,24)(H,23,25). The van der Waals surface area contributed by atoms with Crippen LogP contribution in [0.2, 0.25) is 0 Å². The molecule has 0 aliphatic heterocycles. The van der Waals surface area contributed by atoms with E-state index < -0.39 is 11.5 Å². The topological polar surface area (TPSA) is 93.3 Å². The number of nitrogens with one attached hydrogen (secondary N) is 2. The first-order valence-corrected chi connectivity index (χ1v) is 8.28. The van der Waals surface area contributed by atoms with Crippen LogP contribution in [0.15, 0.2) is 59.7 Å². The number of amides is 1. The van der Waals surface area contributed by atoms with Gasteiger partial charge in [0.25, 0.3) is 11.5 Å². The van der Waals surface area contributed by atoms with Crippen molar-refractivity contribution < 1.29 is 14.3 Å². The molecule has 1 aromatic carbocycles. The Hall–Kier alpha value is -3.61. The van der Waals surface area contributed by atoms with Crippen LogP contribution < -0.4 is 20.3 Å². The van der Waals surface area contributed by atoms with Crippen molar-refractivity contribution in [2.45, 2.75) is 13.5 Å². The molecule has 3 rings (SSSR count). The predicted octanol–water partition coefficient (Wildman–Crippen LogP) is 2.92. The van der Waals surface area contributed by atoms with E-state index in [2.05, 4.69) is 15.3 Å². The Balaban J connectivity index is 1.78. The Morgan fingerprint density at radius 2 is 2.04 bits per heavy atom. The van der Waals surface area contributed by atoms with Gasteiger partial charge < -0.3 is 19.8 Å². The van der Waals surface area contributed by atoms with Gasteiger partial charge in [-0.25, -0.2) is 0 Å². The number of methoxy groups -OCH3 is 1. The molecule has 0 unspecified atom stereocenters. The molecular formula is C20H19N3O4. The maximum Gasteiger partial charge on any atom is 0.261 e. The summed E-state index contributed by atoms with van der Waals surface area (Å²) in [6.07, 6.45) is 3.40. The lowest BCUT2D eigenvalue weighted by molar-refractivity contribution is 0.102. The zero-order valence-corrected chi connectivity index (χ0v) is 15.0. The molecule has 0 bridgehead atoms. The van der Waals surface area contributed by atoms with Gasteiger partial charge in [-0.05, 0) is 37.3 Å². The molecular weight excluding hydrogens is 346 g/mol. The molecule has 27 heavy (non-hydrogen) atoms. The van der Waals surface area contributed by atoms with Gasteiger partial charge in [0.15, 0.2) is 11.5 Å². The zero-order valence-electron chi connectivity index (χ0n) is 15.0. The molecule has 0 saturated carbocycles. The molecule has 0 saturated heterocycles. The number of H-pyrrole nitrogens is 1. The van der Waals surface area contributed by atoms with Gasteiger partial charge in [-0.15, -0.1) is 0 Å². The number of benzene rings is 1. The number of ether oxygens (including phenoxy) is 2. The van der Waals surface area contributed by atoms with E-state index in [-0.39, 0.29) is 5.56 Å². The maximum absolute atomic E-state index is 12.4. The predicted molar refractivity (Wildman–Crippen MR) is 101 cm³/mol. The van der Waals surface area contributed by atoms with E-state index in [0.29, 0.717) is 29.5 Å². The fourth-order valence-corrected chi connectivity index (χ4v) is 2.46. The first-order valence-electron chi connectivity index (χ1n) is 8.28. The van der Waals surface area contributed by atoms with Crippen LogP contribution >= 0.6 is 0 Å². The summed E-state index contributed by atoms with van der Waals surface area (Å²) >= 11 is 0. The number of pyridine rings is 2. The van der Waals surface area contributed by atoms with Crippen LogP contribution in [-0.2, 0) is 6.61 Å². The van der Waals surface area contributed by atoms with Crippen molar-refractivity contribution in [3.8, 4) is 11.5 Å². The van der Waals surface area contributed by atoms with E-state index in [1.807, 2.05) is 12.1 Å². The summed E-state index contributed by atoms with van der Waals surface area (Å²) in [6, 6.07) is 11.9. The van der Waals surface area contributed by atoms with Gasteiger partial charge in [0, 0.05) is 35.4 Å². The number of aryl methyl sites for hydroxylation is 1. The number of carbonyl (C=O) groups is 1. The van der Waals surface area contributed by atoms with Gasteiger partial charge in [0.1, 0.15) is 12.2 Å². The van der Waals surface area contributed by atoms with Crippen molar-refractivity contribution in [1.29, 1.82) is 0 Å². The number of aromatic amines is 1. The number of hydrogen-bond donors (Lipinski definition) is 2. The Morgan fingerprint density at radius 3 is 2.74 bits per heavy atom. The Morgan fingerprint density at radius 1 is 1.19 bits per heavy atom. The normalized spacial score (nSPS) is 10.3. The third kappa shape index (κ3) is 4.52. The highest BCUT2D eigenvalue weighted by Crippen LogP contribution is 2.31. The molecule has 7 nitrogen and oxygen atoms in total. The molecule has 0 atom stereocenters. The number of hydrogen-bond acceptors (Lipinski definition) is 5. The van der Waals surface area contributed by atoms with Crippen LogP contribution in [-0.4, -0.2) is 23.0 Å². The lowest BCUT2D eigenvalue weighted by Gasteiger charge is -2.13. The number of anilines is 1. The second-order valence-electron chi connectivity index (χ2n) is 5.85. The van der Waals surface area contributed by atoms with Crippen LogP contribution in [0, 0.1) is 6.92 Å². The maximum atomic E-state index is 12.4. The summed E-state index contributed by atoms with van der Waals surface area (Å²) in [6.45, 7) is 2.05. The zero-order chi connectivity index (χ0) is 19.2. The quantitative estimate of drug-likeness (QED) is 0.701. The molecule has 3 aromatic rings. The molecule has 0 spiro atoms. The molecule has 2 N–H and O–H groups in total. The minimum atomic E-state index is -0.500. The first kappa shape index (κ1) is 18.2. The van der Waals surface area contributed by atoms with Crippen LogP contribution in [0.5, 0.6) is 11.5 Å². The summed E-state index contributed by atoms with van der Waals surface area (Å²) in [4.78, 5) is 31.0. The minimum absolute atomic E-state index is 0.0363. The number of nitrogens with zero attached hydrogens (tertiary/aromatic N) is 1. The molecule has 0 aliphatic carbocycles. The van der Waals surface area contributed by atoms with Crippen LogP contribution in [0.1, 0.15) is 21.6 Å². The highest BCUT2D eigenvalue weighted by atomic mass is 16.5. The highest BCUT2D eigenvalue weighted by Gasteiger charge is 2.13. The third-order valence-electron chi connectivity index (χ3n) is 3.84. The summed E-state index contributed by atoms with van der Waals surface area (Å²) in [5, 5.41) is 2.70. The number of carbonyl (C=O) groups excluding carboxylic acids is 1. The lowest BCUT2D eigenvalue weighted by Crippen LogP contribution is -2.23. The molecule has 0 radical (unpaired) electrons. The molecule has 2 aromatic heterocycles. The van der Waals surface area contributed by atoms with E-state index in [1.54, 1.807) is 43.6 Å². The molecule has 7 heteroatoms. The number of rotatable bonds is 6. The Labute approximate surface area is 156 Å². The summed E-state index contributed by atoms with van der Waals surface area (Å²) in [5.74, 6) is 0.502. The van der Waals surface area contributed by atoms with Crippen molar-refractivity contribution in [1.82, 2.24) is 9.97 Å². The third-order valence-corrected chi connectivity index (χ3v) is 3.84. The minimum Gasteiger partial charge on any atom is -0.493 e. The molecule has 0 fully saturated rings. The molecule has 0 aliphatic rings. The smallest absolute Gasteiger partial charge is 0.261 e. The largest absolute Gasteiger partial charge is 0.493 e. The first-order chi connectivity index (χ1) is 13.1. The summed E-state index contributed by atoms with van der Waals surface area (Å²) < 4.78 is 11.1. The van der Waals surface area contributed by atoms with Gasteiger partial charge >= 0.3 is 0 Å². The van der Waals surface area contributed by atoms with Gasteiger partial charge in [0.05, 0.1) is 7.11 Å². The van der Waals surface area contributed by atoms with Crippen molar-refractivity contribution >= 4 is 11.6 Å². The van der Waals surface area contributed by atoms with Crippen LogP contribution in [0.4, 0.5) is 5.69 Å². The van der Waals surface area contributed by atoms with E-state index in [1.165, 1.54) is 13.2 Å². The fraction of sp³-hybridized carbons (Fsp3) is 0.150. The van der Waals surface area contributed by atoms with E-state index in [9.17, 15) is 9.59 Å². The summed E-state index contributed by atoms with van der Waals surface area (Å²) in [7, 11) is 1.54. The fourth-order valence-electron chi connectivity index (χ4n) is 2.46. The Bertz CT molecular complexity index is 1000. The average molecular weight is 365 g/mol. The van der Waals surface area contributed by atoms with Crippen LogP contribution in [0.25, 0.3) is 0 Å². The van der Waals surface area contributed by atoms with Gasteiger partial charge in [-0.2, -0.15) is 0 Å². The van der Waals surface area contributed by atoms with Crippen molar-refractivity contribution in [3.05, 3.63) is 82.0 Å². The van der Waals surface area contributed by atoms with Gasteiger partial charge in [-0.3, -0.25) is 14.6 Å². The van der Waals surface area contributed by atoms with E-state index in [0.717, 1.165) is 5.56 Å². The summed E-state index contributed by atoms with van der Waals surface area (Å²) in [5.41, 5.74) is 1.68. The van der Waals surface area contributed by atoms with Gasteiger partial charge in [0.2, 0.25) is 0 Å². The van der Waals surface area contributed by atoms with Crippen molar-refractivity contribution in [3.63, 3.8) is 0 Å². The molecule has 138 valence electrons. The Kier molecular flexibility index (Phi) is 5.51. The second kappa shape index (κ2) is 8.18. The van der Waals surface area contributed by atoms with Crippen LogP contribution in [0.3, 0.4) is 0 Å². The van der Waals surface area contributed by atoms with Crippen molar-refractivity contribution in [2.75, 3.05) is 12.4 Å². The second-order valence-corrected chi connectivity index (χ2v) is 5.85. The van der Waals surface area contributed by atoms with Crippen molar-refractivity contribution in [2.24, 2.45) is 0 Å². The molecule has 1 amide bonds. The SMILES string of the molecule is COc1ccc(NC(=O)c2ccc(C)[nH]c2=O)cc1OCc1cccnc1. The molecule has 2 heterocycles. The van der Waals surface area contributed by atoms with Gasteiger partial charge in [-0.1, -0.05) is 6.07 Å². The number of aromatic nitrogens is 2.